The summed E-state index contributed by atoms with van der Waals surface area (Å²) < 4.78 is 3.45. The van der Waals surface area contributed by atoms with Crippen molar-refractivity contribution < 1.29 is 0 Å². The van der Waals surface area contributed by atoms with Crippen molar-refractivity contribution in [2.24, 2.45) is 0 Å². The van der Waals surface area contributed by atoms with Gasteiger partial charge in [-0.05, 0) is 25.8 Å². The Morgan fingerprint density at radius 3 is 2.94 bits per heavy atom. The molecule has 0 unspecified atom stereocenters. The van der Waals surface area contributed by atoms with E-state index in [1.54, 1.807) is 0 Å². The first kappa shape index (κ1) is 11.0. The van der Waals surface area contributed by atoms with Gasteiger partial charge >= 0.3 is 0 Å². The number of halogens is 1. The molecule has 3 rings (SSSR count). The van der Waals surface area contributed by atoms with E-state index in [1.165, 1.54) is 24.2 Å². The molecular weight excluding hydrogens is 276 g/mol. The van der Waals surface area contributed by atoms with Crippen LogP contribution in [0.25, 0.3) is 11.3 Å². The van der Waals surface area contributed by atoms with Gasteiger partial charge in [-0.2, -0.15) is 0 Å². The summed E-state index contributed by atoms with van der Waals surface area (Å²) in [7, 11) is 0. The third-order valence-corrected chi connectivity index (χ3v) is 4.15. The summed E-state index contributed by atoms with van der Waals surface area (Å²) in [5, 5.41) is 0. The molecule has 0 spiro atoms. The summed E-state index contributed by atoms with van der Waals surface area (Å²) in [6.45, 7) is 2.27. The Hall–Kier alpha value is -1.09. The highest BCUT2D eigenvalue weighted by molar-refractivity contribution is 9.10. The van der Waals surface area contributed by atoms with Gasteiger partial charge in [-0.25, -0.2) is 4.98 Å². The molecule has 2 aromatic rings. The quantitative estimate of drug-likeness (QED) is 0.769. The van der Waals surface area contributed by atoms with Crippen LogP contribution in [-0.4, -0.2) is 9.55 Å². The molecule has 1 aliphatic heterocycles. The minimum absolute atomic E-state index is 0.586. The van der Waals surface area contributed by atoms with E-state index in [0.717, 1.165) is 16.6 Å². The van der Waals surface area contributed by atoms with Crippen molar-refractivity contribution in [1.29, 1.82) is 0 Å². The highest BCUT2D eigenvalue weighted by atomic mass is 79.9. The van der Waals surface area contributed by atoms with E-state index in [4.69, 9.17) is 4.98 Å². The maximum atomic E-state index is 4.77. The van der Waals surface area contributed by atoms with Crippen LogP contribution in [0.15, 0.2) is 34.9 Å². The number of rotatable bonds is 1. The van der Waals surface area contributed by atoms with Crippen molar-refractivity contribution in [2.75, 3.05) is 0 Å². The lowest BCUT2D eigenvalue weighted by Gasteiger charge is -2.20. The molecule has 2 nitrogen and oxygen atoms in total. The lowest BCUT2D eigenvalue weighted by atomic mass is 10.1. The fraction of sp³-hybridized carbons (Fsp3) is 0.357. The zero-order valence-electron chi connectivity index (χ0n) is 9.86. The molecule has 3 heteroatoms. The van der Waals surface area contributed by atoms with Gasteiger partial charge in [-0.1, -0.05) is 34.1 Å². The molecule has 1 aromatic heterocycles. The summed E-state index contributed by atoms with van der Waals surface area (Å²) in [5.74, 6) is 1.23. The number of imidazole rings is 1. The molecule has 1 aromatic carbocycles. The molecule has 0 radical (unpaired) electrons. The normalized spacial score (nSPS) is 19.1. The predicted molar refractivity (Wildman–Crippen MR) is 73.0 cm³/mol. The maximum Gasteiger partial charge on any atom is 0.109 e. The van der Waals surface area contributed by atoms with Crippen LogP contribution in [-0.2, 0) is 6.42 Å². The molecule has 0 fully saturated rings. The predicted octanol–water partition coefficient (Wildman–Crippen LogP) is 4.21. The lowest BCUT2D eigenvalue weighted by Crippen LogP contribution is -2.14. The molecule has 0 aliphatic carbocycles. The highest BCUT2D eigenvalue weighted by Crippen LogP contribution is 2.31. The summed E-state index contributed by atoms with van der Waals surface area (Å²) in [6.07, 6.45) is 5.82. The van der Waals surface area contributed by atoms with Crippen LogP contribution in [0, 0.1) is 0 Å². The van der Waals surface area contributed by atoms with E-state index < -0.39 is 0 Å². The molecule has 1 atom stereocenters. The zero-order valence-corrected chi connectivity index (χ0v) is 11.4. The molecule has 0 bridgehead atoms. The average Bonchev–Trinajstić information content (AvgIpc) is 2.75. The van der Waals surface area contributed by atoms with Gasteiger partial charge < -0.3 is 4.57 Å². The van der Waals surface area contributed by atoms with E-state index >= 15 is 0 Å². The molecule has 0 saturated heterocycles. The fourth-order valence-corrected chi connectivity index (χ4v) is 2.98. The number of hydrogen-bond donors (Lipinski definition) is 0. The maximum absolute atomic E-state index is 4.77. The van der Waals surface area contributed by atoms with E-state index in [2.05, 4.69) is 51.8 Å². The van der Waals surface area contributed by atoms with E-state index in [1.807, 2.05) is 6.07 Å². The minimum atomic E-state index is 0.586. The first-order valence-corrected chi connectivity index (χ1v) is 6.87. The summed E-state index contributed by atoms with van der Waals surface area (Å²) in [6, 6.07) is 8.86. The van der Waals surface area contributed by atoms with E-state index in [9.17, 15) is 0 Å². The largest absolute Gasteiger partial charge is 0.331 e. The van der Waals surface area contributed by atoms with Crippen LogP contribution in [0.5, 0.6) is 0 Å². The number of hydrogen-bond acceptors (Lipinski definition) is 1. The second-order valence-electron chi connectivity index (χ2n) is 4.67. The van der Waals surface area contributed by atoms with Crippen LogP contribution < -0.4 is 0 Å². The van der Waals surface area contributed by atoms with Gasteiger partial charge in [0.05, 0.1) is 5.69 Å². The SMILES string of the molecule is C[C@@H]1CCCc2nc(-c3ccccc3Br)cn21. The molecule has 0 amide bonds. The van der Waals surface area contributed by atoms with Gasteiger partial charge in [0, 0.05) is 28.7 Å². The van der Waals surface area contributed by atoms with Gasteiger partial charge in [0.2, 0.25) is 0 Å². The summed E-state index contributed by atoms with van der Waals surface area (Å²) >= 11 is 3.59. The molecule has 17 heavy (non-hydrogen) atoms. The van der Waals surface area contributed by atoms with Crippen LogP contribution in [0.1, 0.15) is 31.6 Å². The first-order chi connectivity index (χ1) is 8.25. The topological polar surface area (TPSA) is 17.8 Å². The van der Waals surface area contributed by atoms with Crippen LogP contribution in [0.2, 0.25) is 0 Å². The van der Waals surface area contributed by atoms with Crippen molar-refractivity contribution in [2.45, 2.75) is 32.2 Å². The van der Waals surface area contributed by atoms with Crippen molar-refractivity contribution >= 4 is 15.9 Å². The monoisotopic (exact) mass is 290 g/mol. The number of benzene rings is 1. The van der Waals surface area contributed by atoms with E-state index in [0.29, 0.717) is 6.04 Å². The highest BCUT2D eigenvalue weighted by Gasteiger charge is 2.19. The smallest absolute Gasteiger partial charge is 0.109 e. The van der Waals surface area contributed by atoms with Crippen LogP contribution in [0.4, 0.5) is 0 Å². The fourth-order valence-electron chi connectivity index (χ4n) is 2.49. The molecular formula is C14H15BrN2. The summed E-state index contributed by atoms with van der Waals surface area (Å²) in [5.41, 5.74) is 2.27. The Labute approximate surface area is 110 Å². The van der Waals surface area contributed by atoms with Gasteiger partial charge in [-0.3, -0.25) is 0 Å². The van der Waals surface area contributed by atoms with Crippen molar-refractivity contribution in [1.82, 2.24) is 9.55 Å². The van der Waals surface area contributed by atoms with Crippen LogP contribution in [0.3, 0.4) is 0 Å². The Bertz CT molecular complexity index is 545. The molecule has 0 N–H and O–H groups in total. The number of aryl methyl sites for hydroxylation is 1. The average molecular weight is 291 g/mol. The van der Waals surface area contributed by atoms with Gasteiger partial charge in [0.15, 0.2) is 0 Å². The first-order valence-electron chi connectivity index (χ1n) is 6.08. The summed E-state index contributed by atoms with van der Waals surface area (Å²) in [4.78, 5) is 4.77. The Morgan fingerprint density at radius 2 is 2.18 bits per heavy atom. The van der Waals surface area contributed by atoms with Crippen LogP contribution >= 0.6 is 15.9 Å². The Balaban J connectivity index is 2.08. The lowest BCUT2D eigenvalue weighted by molar-refractivity contribution is 0.426. The van der Waals surface area contributed by atoms with Gasteiger partial charge in [0.25, 0.3) is 0 Å². The second-order valence-corrected chi connectivity index (χ2v) is 5.53. The van der Waals surface area contributed by atoms with Gasteiger partial charge in [-0.15, -0.1) is 0 Å². The second kappa shape index (κ2) is 4.30. The standard InChI is InChI=1S/C14H15BrN2/c1-10-5-4-8-14-16-13(9-17(10)14)11-6-2-3-7-12(11)15/h2-3,6-7,9-10H,4-5,8H2,1H3/t10-/m1/s1. The minimum Gasteiger partial charge on any atom is -0.331 e. The molecule has 88 valence electrons. The van der Waals surface area contributed by atoms with Crippen molar-refractivity contribution in [3.05, 3.63) is 40.8 Å². The zero-order chi connectivity index (χ0) is 11.8. The van der Waals surface area contributed by atoms with Crippen molar-refractivity contribution in [3.8, 4) is 11.3 Å². The Morgan fingerprint density at radius 1 is 1.35 bits per heavy atom. The third-order valence-electron chi connectivity index (χ3n) is 3.46. The van der Waals surface area contributed by atoms with E-state index in [-0.39, 0.29) is 0 Å². The third kappa shape index (κ3) is 1.93. The number of nitrogens with zero attached hydrogens (tertiary/aromatic N) is 2. The molecule has 2 heterocycles. The van der Waals surface area contributed by atoms with Crippen molar-refractivity contribution in [3.63, 3.8) is 0 Å². The Kier molecular flexibility index (Phi) is 2.79. The van der Waals surface area contributed by atoms with Gasteiger partial charge in [0.1, 0.15) is 5.82 Å². The molecule has 0 saturated carbocycles. The number of aromatic nitrogens is 2. The molecule has 1 aliphatic rings. The number of fused-ring (bicyclic) bond motifs is 1.